The Bertz CT molecular complexity index is 563. The summed E-state index contributed by atoms with van der Waals surface area (Å²) in [6.45, 7) is 6.54. The molecular formula is C15H23N3O4S. The molecule has 23 heavy (non-hydrogen) atoms. The third-order valence-corrected chi connectivity index (χ3v) is 4.46. The van der Waals surface area contributed by atoms with Gasteiger partial charge < -0.3 is 15.4 Å². The van der Waals surface area contributed by atoms with Crippen LogP contribution < -0.4 is 10.6 Å². The average molecular weight is 341 g/mol. The van der Waals surface area contributed by atoms with E-state index in [1.165, 1.54) is 17.4 Å². The Labute approximate surface area is 139 Å². The molecule has 0 saturated heterocycles. The van der Waals surface area contributed by atoms with Crippen LogP contribution in [0.15, 0.2) is 12.1 Å². The molecule has 1 heterocycles. The fourth-order valence-electron chi connectivity index (χ4n) is 2.20. The van der Waals surface area contributed by atoms with E-state index in [0.717, 1.165) is 17.7 Å². The van der Waals surface area contributed by atoms with Gasteiger partial charge in [0.15, 0.2) is 0 Å². The first-order valence-corrected chi connectivity index (χ1v) is 8.49. The zero-order valence-corrected chi connectivity index (χ0v) is 14.4. The third-order valence-electron chi connectivity index (χ3n) is 3.42. The first kappa shape index (κ1) is 17.7. The summed E-state index contributed by atoms with van der Waals surface area (Å²) in [6, 6.07) is 3.44. The summed E-state index contributed by atoms with van der Waals surface area (Å²) >= 11 is 1.17. The van der Waals surface area contributed by atoms with E-state index >= 15 is 0 Å². The second-order valence-electron chi connectivity index (χ2n) is 6.70. The summed E-state index contributed by atoms with van der Waals surface area (Å²) in [5.74, 6) is 0.542. The lowest BCUT2D eigenvalue weighted by atomic mass is 10.2. The Morgan fingerprint density at radius 3 is 2.70 bits per heavy atom. The van der Waals surface area contributed by atoms with Gasteiger partial charge in [-0.3, -0.25) is 10.1 Å². The molecule has 1 aromatic rings. The van der Waals surface area contributed by atoms with E-state index in [1.54, 1.807) is 6.07 Å². The normalized spacial score (nSPS) is 16.0. The molecule has 128 valence electrons. The lowest BCUT2D eigenvalue weighted by molar-refractivity contribution is -0.380. The molecule has 1 unspecified atom stereocenters. The molecule has 8 heteroatoms. The summed E-state index contributed by atoms with van der Waals surface area (Å²) in [5.41, 5.74) is -0.511. The molecule has 1 amide bonds. The first-order valence-electron chi connectivity index (χ1n) is 7.68. The molecule has 0 aliphatic heterocycles. The number of alkyl carbamates (subject to hydrolysis) is 1. The number of nitrogens with zero attached hydrogens (tertiary/aromatic N) is 1. The van der Waals surface area contributed by atoms with Crippen LogP contribution in [0.25, 0.3) is 0 Å². The monoisotopic (exact) mass is 341 g/mol. The second kappa shape index (κ2) is 7.27. The van der Waals surface area contributed by atoms with E-state index in [-0.39, 0.29) is 16.0 Å². The first-order chi connectivity index (χ1) is 10.7. The number of nitro groups is 1. The Kier molecular flexibility index (Phi) is 5.59. The van der Waals surface area contributed by atoms with Crippen LogP contribution in [0.3, 0.4) is 0 Å². The fourth-order valence-corrected chi connectivity index (χ4v) is 2.97. The van der Waals surface area contributed by atoms with Crippen LogP contribution in [0.1, 0.15) is 38.5 Å². The average Bonchev–Trinajstić information content (AvgIpc) is 3.14. The molecule has 1 atom stereocenters. The van der Waals surface area contributed by atoms with Crippen molar-refractivity contribution in [3.63, 3.8) is 0 Å². The molecule has 1 aromatic heterocycles. The highest BCUT2D eigenvalue weighted by atomic mass is 32.1. The number of rotatable bonds is 7. The minimum absolute atomic E-state index is 0.150. The van der Waals surface area contributed by atoms with Crippen LogP contribution in [0.5, 0.6) is 0 Å². The molecular weight excluding hydrogens is 318 g/mol. The van der Waals surface area contributed by atoms with Crippen molar-refractivity contribution in [2.75, 3.05) is 6.54 Å². The van der Waals surface area contributed by atoms with Crippen molar-refractivity contribution in [2.24, 2.45) is 5.92 Å². The Morgan fingerprint density at radius 1 is 1.48 bits per heavy atom. The quantitative estimate of drug-likeness (QED) is 0.587. The number of carbonyl (C=O) groups is 1. The Balaban J connectivity index is 1.80. The highest BCUT2D eigenvalue weighted by Crippen LogP contribution is 2.33. The maximum Gasteiger partial charge on any atom is 0.407 e. The van der Waals surface area contributed by atoms with Crippen LogP contribution in [-0.2, 0) is 11.3 Å². The summed E-state index contributed by atoms with van der Waals surface area (Å²) in [5, 5.41) is 17.0. The van der Waals surface area contributed by atoms with E-state index in [2.05, 4.69) is 10.6 Å². The molecule has 2 N–H and O–H groups in total. The molecule has 1 fully saturated rings. The topological polar surface area (TPSA) is 93.5 Å². The number of hydrogen-bond donors (Lipinski definition) is 2. The van der Waals surface area contributed by atoms with Gasteiger partial charge in [0.1, 0.15) is 5.60 Å². The standard InChI is InChI=1S/C15H23N3O4S/c1-15(2,3)22-14(19)17-9-12(10-4-5-10)16-8-11-6-7-13(23-11)18(20)21/h6-7,10,12,16H,4-5,8-9H2,1-3H3,(H,17,19). The summed E-state index contributed by atoms with van der Waals surface area (Å²) in [4.78, 5) is 23.0. The molecule has 0 bridgehead atoms. The van der Waals surface area contributed by atoms with Crippen molar-refractivity contribution < 1.29 is 14.5 Å². The van der Waals surface area contributed by atoms with Gasteiger partial charge in [-0.25, -0.2) is 4.79 Å². The molecule has 0 aromatic carbocycles. The summed E-state index contributed by atoms with van der Waals surface area (Å²) in [6.07, 6.45) is 1.85. The minimum Gasteiger partial charge on any atom is -0.444 e. The predicted octanol–water partition coefficient (Wildman–Crippen LogP) is 3.05. The number of carbonyl (C=O) groups excluding carboxylic acids is 1. The van der Waals surface area contributed by atoms with Crippen LogP contribution in [0, 0.1) is 16.0 Å². The van der Waals surface area contributed by atoms with Gasteiger partial charge in [0.2, 0.25) is 0 Å². The van der Waals surface area contributed by atoms with Crippen LogP contribution >= 0.6 is 11.3 Å². The molecule has 7 nitrogen and oxygen atoms in total. The molecule has 2 rings (SSSR count). The third kappa shape index (κ3) is 6.15. The summed E-state index contributed by atoms with van der Waals surface area (Å²) in [7, 11) is 0. The lowest BCUT2D eigenvalue weighted by Gasteiger charge is -2.22. The maximum absolute atomic E-state index is 11.7. The van der Waals surface area contributed by atoms with Gasteiger partial charge in [0.25, 0.3) is 0 Å². The molecule has 1 aliphatic carbocycles. The van der Waals surface area contributed by atoms with Crippen molar-refractivity contribution in [3.05, 3.63) is 27.1 Å². The summed E-state index contributed by atoms with van der Waals surface area (Å²) < 4.78 is 5.23. The van der Waals surface area contributed by atoms with Crippen molar-refractivity contribution in [3.8, 4) is 0 Å². The van der Waals surface area contributed by atoms with E-state index in [0.29, 0.717) is 19.0 Å². The predicted molar refractivity (Wildman–Crippen MR) is 88.6 cm³/mol. The Hall–Kier alpha value is -1.67. The minimum atomic E-state index is -0.511. The zero-order chi connectivity index (χ0) is 17.0. The Morgan fingerprint density at radius 2 is 2.17 bits per heavy atom. The van der Waals surface area contributed by atoms with E-state index < -0.39 is 11.7 Å². The number of nitrogens with one attached hydrogen (secondary N) is 2. The van der Waals surface area contributed by atoms with Gasteiger partial charge in [-0.1, -0.05) is 11.3 Å². The van der Waals surface area contributed by atoms with E-state index in [1.807, 2.05) is 20.8 Å². The van der Waals surface area contributed by atoms with Crippen LogP contribution in [0.2, 0.25) is 0 Å². The highest BCUT2D eigenvalue weighted by molar-refractivity contribution is 7.15. The van der Waals surface area contributed by atoms with Gasteiger partial charge in [-0.2, -0.15) is 0 Å². The SMILES string of the molecule is CC(C)(C)OC(=O)NCC(NCc1ccc([N+](=O)[O-])s1)C1CC1. The van der Waals surface area contributed by atoms with Crippen molar-refractivity contribution in [2.45, 2.75) is 51.8 Å². The van der Waals surface area contributed by atoms with E-state index in [4.69, 9.17) is 4.74 Å². The molecule has 1 saturated carbocycles. The van der Waals surface area contributed by atoms with Crippen LogP contribution in [0.4, 0.5) is 9.80 Å². The van der Waals surface area contributed by atoms with Gasteiger partial charge >= 0.3 is 11.1 Å². The number of hydrogen-bond acceptors (Lipinski definition) is 6. The van der Waals surface area contributed by atoms with Crippen molar-refractivity contribution in [1.29, 1.82) is 0 Å². The van der Waals surface area contributed by atoms with E-state index in [9.17, 15) is 14.9 Å². The van der Waals surface area contributed by atoms with Crippen molar-refractivity contribution >= 4 is 22.4 Å². The van der Waals surface area contributed by atoms with Gasteiger partial charge in [-0.05, 0) is 45.6 Å². The number of amides is 1. The maximum atomic E-state index is 11.7. The fraction of sp³-hybridized carbons (Fsp3) is 0.667. The second-order valence-corrected chi connectivity index (χ2v) is 7.85. The largest absolute Gasteiger partial charge is 0.444 e. The molecule has 0 radical (unpaired) electrons. The van der Waals surface area contributed by atoms with Crippen LogP contribution in [-0.4, -0.2) is 29.2 Å². The zero-order valence-electron chi connectivity index (χ0n) is 13.6. The highest BCUT2D eigenvalue weighted by Gasteiger charge is 2.31. The number of ether oxygens (including phenoxy) is 1. The number of thiophene rings is 1. The van der Waals surface area contributed by atoms with Crippen molar-refractivity contribution in [1.82, 2.24) is 10.6 Å². The lowest BCUT2D eigenvalue weighted by Crippen LogP contribution is -2.43. The molecule has 1 aliphatic rings. The smallest absolute Gasteiger partial charge is 0.407 e. The molecule has 0 spiro atoms. The van der Waals surface area contributed by atoms with Gasteiger partial charge in [0, 0.05) is 30.1 Å². The van der Waals surface area contributed by atoms with Gasteiger partial charge in [-0.15, -0.1) is 0 Å². The van der Waals surface area contributed by atoms with Gasteiger partial charge in [0.05, 0.1) is 4.92 Å².